The summed E-state index contributed by atoms with van der Waals surface area (Å²) in [4.78, 5) is 17.2. The molecule has 25 heavy (non-hydrogen) atoms. The molecule has 0 unspecified atom stereocenters. The van der Waals surface area contributed by atoms with Crippen molar-refractivity contribution >= 4 is 16.8 Å². The molecule has 0 saturated heterocycles. The minimum absolute atomic E-state index is 0.204. The van der Waals surface area contributed by atoms with Gasteiger partial charge in [-0.2, -0.15) is 0 Å². The largest absolute Gasteiger partial charge is 0.352 e. The highest BCUT2D eigenvalue weighted by Gasteiger charge is 2.14. The second-order valence-electron chi connectivity index (χ2n) is 6.27. The molecular weight excluding hydrogens is 315 g/mol. The van der Waals surface area contributed by atoms with E-state index in [2.05, 4.69) is 23.3 Å². The van der Waals surface area contributed by atoms with Crippen molar-refractivity contribution in [3.05, 3.63) is 65.0 Å². The molecular formula is C21H21FN2O. The van der Waals surface area contributed by atoms with Crippen LogP contribution < -0.4 is 5.32 Å². The molecule has 3 rings (SSSR count). The highest BCUT2D eigenvalue weighted by atomic mass is 19.1. The molecule has 3 nitrogen and oxygen atoms in total. The van der Waals surface area contributed by atoms with Crippen molar-refractivity contribution in [2.24, 2.45) is 0 Å². The predicted molar refractivity (Wildman–Crippen MR) is 99.2 cm³/mol. The quantitative estimate of drug-likeness (QED) is 0.744. The zero-order valence-electron chi connectivity index (χ0n) is 14.7. The maximum atomic E-state index is 13.7. The Morgan fingerprint density at radius 2 is 1.88 bits per heavy atom. The van der Waals surface area contributed by atoms with Crippen molar-refractivity contribution in [3.8, 4) is 11.3 Å². The Balaban J connectivity index is 2.18. The Hall–Kier alpha value is -2.75. The molecule has 3 aromatic rings. The van der Waals surface area contributed by atoms with E-state index in [1.807, 2.05) is 26.0 Å². The summed E-state index contributed by atoms with van der Waals surface area (Å²) in [6.45, 7) is 6.67. The van der Waals surface area contributed by atoms with Gasteiger partial charge in [0.1, 0.15) is 5.82 Å². The summed E-state index contributed by atoms with van der Waals surface area (Å²) in [5, 5.41) is 3.40. The second-order valence-corrected chi connectivity index (χ2v) is 6.27. The summed E-state index contributed by atoms with van der Waals surface area (Å²) in [6.07, 6.45) is 0.840. The number of nitrogens with one attached hydrogen (secondary N) is 1. The smallest absolute Gasteiger partial charge is 0.252 e. The number of hydrogen-bond acceptors (Lipinski definition) is 2. The van der Waals surface area contributed by atoms with Crippen molar-refractivity contribution in [1.82, 2.24) is 10.3 Å². The second kappa shape index (κ2) is 7.01. The average molecular weight is 336 g/mol. The van der Waals surface area contributed by atoms with Crippen LogP contribution in [0.4, 0.5) is 4.39 Å². The molecule has 0 aliphatic rings. The normalized spacial score (nSPS) is 10.9. The van der Waals surface area contributed by atoms with Crippen LogP contribution in [0.25, 0.3) is 22.2 Å². The lowest BCUT2D eigenvalue weighted by Gasteiger charge is -2.11. The van der Waals surface area contributed by atoms with Gasteiger partial charge in [-0.15, -0.1) is 0 Å². The monoisotopic (exact) mass is 336 g/mol. The first kappa shape index (κ1) is 17.1. The van der Waals surface area contributed by atoms with E-state index in [4.69, 9.17) is 0 Å². The highest BCUT2D eigenvalue weighted by molar-refractivity contribution is 6.07. The predicted octanol–water partition coefficient (Wildman–Crippen LogP) is 4.80. The van der Waals surface area contributed by atoms with E-state index in [-0.39, 0.29) is 11.7 Å². The third kappa shape index (κ3) is 3.53. The van der Waals surface area contributed by atoms with Crippen molar-refractivity contribution in [2.45, 2.75) is 27.2 Å². The maximum absolute atomic E-state index is 13.7. The van der Waals surface area contributed by atoms with Gasteiger partial charge in [0.2, 0.25) is 0 Å². The molecule has 1 amide bonds. The van der Waals surface area contributed by atoms with Gasteiger partial charge >= 0.3 is 0 Å². The van der Waals surface area contributed by atoms with Crippen LogP contribution in [0.15, 0.2) is 42.5 Å². The van der Waals surface area contributed by atoms with Crippen molar-refractivity contribution in [2.75, 3.05) is 6.54 Å². The number of rotatable bonds is 4. The highest BCUT2D eigenvalue weighted by Crippen LogP contribution is 2.27. The number of halogens is 1. The van der Waals surface area contributed by atoms with Crippen LogP contribution in [0.2, 0.25) is 0 Å². The number of benzene rings is 2. The summed E-state index contributed by atoms with van der Waals surface area (Å²) < 4.78 is 13.7. The molecule has 1 heterocycles. The maximum Gasteiger partial charge on any atom is 0.252 e. The molecule has 0 atom stereocenters. The molecule has 0 spiro atoms. The average Bonchev–Trinajstić information content (AvgIpc) is 2.61. The van der Waals surface area contributed by atoms with Gasteiger partial charge < -0.3 is 5.32 Å². The first-order chi connectivity index (χ1) is 12.0. The van der Waals surface area contributed by atoms with Gasteiger partial charge in [0, 0.05) is 17.5 Å². The molecule has 1 aromatic heterocycles. The molecule has 0 saturated carbocycles. The number of aromatic nitrogens is 1. The number of amides is 1. The van der Waals surface area contributed by atoms with Crippen LogP contribution in [0.5, 0.6) is 0 Å². The van der Waals surface area contributed by atoms with Crippen molar-refractivity contribution in [3.63, 3.8) is 0 Å². The lowest BCUT2D eigenvalue weighted by Crippen LogP contribution is -2.24. The molecule has 0 radical (unpaired) electrons. The van der Waals surface area contributed by atoms with E-state index in [0.717, 1.165) is 17.5 Å². The van der Waals surface area contributed by atoms with Crippen LogP contribution in [-0.2, 0) is 0 Å². The van der Waals surface area contributed by atoms with Gasteiger partial charge in [-0.1, -0.05) is 19.1 Å². The Bertz CT molecular complexity index is 950. The van der Waals surface area contributed by atoms with Gasteiger partial charge in [-0.3, -0.25) is 4.79 Å². The Labute approximate surface area is 146 Å². The summed E-state index contributed by atoms with van der Waals surface area (Å²) in [7, 11) is 0. The minimum atomic E-state index is -0.377. The number of carbonyl (C=O) groups excluding carboxylic acids is 1. The molecule has 0 bridgehead atoms. The molecule has 1 N–H and O–H groups in total. The fraction of sp³-hybridized carbons (Fsp3) is 0.238. The number of carbonyl (C=O) groups is 1. The van der Waals surface area contributed by atoms with E-state index in [0.29, 0.717) is 28.7 Å². The molecule has 4 heteroatoms. The first-order valence-electron chi connectivity index (χ1n) is 8.45. The van der Waals surface area contributed by atoms with E-state index in [9.17, 15) is 9.18 Å². The van der Waals surface area contributed by atoms with Crippen LogP contribution in [0.1, 0.15) is 34.8 Å². The number of fused-ring (bicyclic) bond motifs is 1. The van der Waals surface area contributed by atoms with Gasteiger partial charge in [-0.25, -0.2) is 9.37 Å². The van der Waals surface area contributed by atoms with E-state index in [1.54, 1.807) is 12.1 Å². The van der Waals surface area contributed by atoms with Crippen molar-refractivity contribution < 1.29 is 9.18 Å². The molecule has 0 fully saturated rings. The number of nitrogens with zero attached hydrogens (tertiary/aromatic N) is 1. The summed E-state index contributed by atoms with van der Waals surface area (Å²) >= 11 is 0. The van der Waals surface area contributed by atoms with E-state index in [1.165, 1.54) is 17.7 Å². The standard InChI is InChI=1S/C21H21FN2O/c1-4-9-23-21(25)18-12-20(15-6-5-13(2)14(3)10-15)24-19-8-7-16(22)11-17(18)19/h5-8,10-12H,4,9H2,1-3H3,(H,23,25). The lowest BCUT2D eigenvalue weighted by atomic mass is 10.0. The molecule has 0 aliphatic heterocycles. The molecule has 2 aromatic carbocycles. The fourth-order valence-corrected chi connectivity index (χ4v) is 2.77. The molecule has 0 aliphatic carbocycles. The summed E-state index contributed by atoms with van der Waals surface area (Å²) in [5.41, 5.74) is 5.08. The molecule has 128 valence electrons. The van der Waals surface area contributed by atoms with Crippen LogP contribution in [-0.4, -0.2) is 17.4 Å². The zero-order valence-corrected chi connectivity index (χ0v) is 14.7. The number of pyridine rings is 1. The summed E-state index contributed by atoms with van der Waals surface area (Å²) in [6, 6.07) is 12.2. The third-order valence-electron chi connectivity index (χ3n) is 4.35. The number of aryl methyl sites for hydroxylation is 2. The zero-order chi connectivity index (χ0) is 18.0. The fourth-order valence-electron chi connectivity index (χ4n) is 2.77. The van der Waals surface area contributed by atoms with Gasteiger partial charge in [0.25, 0.3) is 5.91 Å². The van der Waals surface area contributed by atoms with E-state index < -0.39 is 0 Å². The Kier molecular flexibility index (Phi) is 4.79. The van der Waals surface area contributed by atoms with Crippen molar-refractivity contribution in [1.29, 1.82) is 0 Å². The Morgan fingerprint density at radius 3 is 2.60 bits per heavy atom. The van der Waals surface area contributed by atoms with Crippen LogP contribution >= 0.6 is 0 Å². The van der Waals surface area contributed by atoms with Crippen LogP contribution in [0, 0.1) is 19.7 Å². The first-order valence-corrected chi connectivity index (χ1v) is 8.45. The number of hydrogen-bond donors (Lipinski definition) is 1. The summed E-state index contributed by atoms with van der Waals surface area (Å²) in [5.74, 6) is -0.581. The van der Waals surface area contributed by atoms with Gasteiger partial charge in [-0.05, 0) is 61.7 Å². The SMILES string of the molecule is CCCNC(=O)c1cc(-c2ccc(C)c(C)c2)nc2ccc(F)cc12. The topological polar surface area (TPSA) is 42.0 Å². The van der Waals surface area contributed by atoms with E-state index >= 15 is 0 Å². The van der Waals surface area contributed by atoms with Gasteiger partial charge in [0.15, 0.2) is 0 Å². The lowest BCUT2D eigenvalue weighted by molar-refractivity contribution is 0.0955. The van der Waals surface area contributed by atoms with Crippen LogP contribution in [0.3, 0.4) is 0 Å². The minimum Gasteiger partial charge on any atom is -0.352 e. The van der Waals surface area contributed by atoms with Gasteiger partial charge in [0.05, 0.1) is 16.8 Å². The Morgan fingerprint density at radius 1 is 1.08 bits per heavy atom. The third-order valence-corrected chi connectivity index (χ3v) is 4.35.